The predicted octanol–water partition coefficient (Wildman–Crippen LogP) is 1.90. The van der Waals surface area contributed by atoms with Crippen LogP contribution in [0.25, 0.3) is 11.2 Å². The van der Waals surface area contributed by atoms with Gasteiger partial charge < -0.3 is 29.4 Å². The molecule has 4 N–H and O–H groups in total. The Hall–Kier alpha value is -3.05. The third-order valence-corrected chi connectivity index (χ3v) is 6.09. The Bertz CT molecular complexity index is 1120. The molecule has 0 aliphatic rings. The van der Waals surface area contributed by atoms with Crippen LogP contribution in [0.4, 0.5) is 5.82 Å². The van der Waals surface area contributed by atoms with Gasteiger partial charge in [-0.25, -0.2) is 20.0 Å². The second-order valence-corrected chi connectivity index (χ2v) is 9.54. The molecule has 0 aliphatic heterocycles. The number of nitrogens with zero attached hydrogens (tertiary/aromatic N) is 4. The van der Waals surface area contributed by atoms with E-state index in [4.69, 9.17) is 19.7 Å². The SMILES string of the molecule is CC(C)OC(=O)[C@H](C)N[P@](=O)(CO[C@H](O)Cn1cnc2c(N)ncnc21)Oc1ccccc1. The molecule has 33 heavy (non-hydrogen) atoms. The van der Waals surface area contributed by atoms with Crippen LogP contribution < -0.4 is 15.3 Å². The largest absolute Gasteiger partial charge is 0.462 e. The molecule has 12 nitrogen and oxygen atoms in total. The lowest BCUT2D eigenvalue weighted by atomic mass is 10.3. The van der Waals surface area contributed by atoms with Gasteiger partial charge in [-0.2, -0.15) is 0 Å². The summed E-state index contributed by atoms with van der Waals surface area (Å²) in [4.78, 5) is 24.3. The average Bonchev–Trinajstić information content (AvgIpc) is 3.16. The molecule has 0 unspecified atom stereocenters. The zero-order valence-electron chi connectivity index (χ0n) is 18.5. The number of carbonyl (C=O) groups is 1. The van der Waals surface area contributed by atoms with E-state index in [9.17, 15) is 14.5 Å². The second kappa shape index (κ2) is 10.7. The lowest BCUT2D eigenvalue weighted by molar-refractivity contribution is -0.149. The van der Waals surface area contributed by atoms with Crippen LogP contribution in [-0.4, -0.2) is 55.4 Å². The fourth-order valence-corrected chi connectivity index (χ4v) is 4.57. The number of nitrogens with one attached hydrogen (secondary N) is 1. The zero-order valence-corrected chi connectivity index (χ0v) is 19.4. The first-order valence-corrected chi connectivity index (χ1v) is 12.0. The van der Waals surface area contributed by atoms with Gasteiger partial charge in [0, 0.05) is 0 Å². The maximum Gasteiger partial charge on any atom is 0.342 e. The summed E-state index contributed by atoms with van der Waals surface area (Å²) in [6, 6.07) is 7.49. The number of nitrogens with two attached hydrogens (primary N) is 1. The lowest BCUT2D eigenvalue weighted by Gasteiger charge is -2.25. The van der Waals surface area contributed by atoms with E-state index in [1.165, 1.54) is 24.1 Å². The van der Waals surface area contributed by atoms with E-state index in [-0.39, 0.29) is 18.5 Å². The van der Waals surface area contributed by atoms with Crippen LogP contribution in [0.1, 0.15) is 20.8 Å². The summed E-state index contributed by atoms with van der Waals surface area (Å²) in [5.74, 6) is -0.0744. The predicted molar refractivity (Wildman–Crippen MR) is 120 cm³/mol. The summed E-state index contributed by atoms with van der Waals surface area (Å²) >= 11 is 0. The van der Waals surface area contributed by atoms with Crippen molar-refractivity contribution in [2.45, 2.75) is 45.8 Å². The number of ether oxygens (including phenoxy) is 2. The van der Waals surface area contributed by atoms with Gasteiger partial charge in [-0.05, 0) is 32.9 Å². The number of esters is 1. The molecule has 178 valence electrons. The normalized spacial score (nSPS) is 15.2. The Morgan fingerprint density at radius 3 is 2.64 bits per heavy atom. The van der Waals surface area contributed by atoms with E-state index < -0.39 is 32.2 Å². The van der Waals surface area contributed by atoms with Crippen LogP contribution in [0.5, 0.6) is 5.75 Å². The van der Waals surface area contributed by atoms with Crippen LogP contribution >= 0.6 is 7.52 Å². The number of hydrogen-bond donors (Lipinski definition) is 3. The van der Waals surface area contributed by atoms with E-state index in [0.717, 1.165) is 0 Å². The Labute approximate surface area is 190 Å². The van der Waals surface area contributed by atoms with Crippen molar-refractivity contribution in [3.8, 4) is 5.75 Å². The van der Waals surface area contributed by atoms with Gasteiger partial charge in [-0.15, -0.1) is 0 Å². The zero-order chi connectivity index (χ0) is 24.0. The van der Waals surface area contributed by atoms with Crippen LogP contribution in [-0.2, 0) is 25.4 Å². The van der Waals surface area contributed by atoms with Crippen LogP contribution in [0, 0.1) is 0 Å². The highest BCUT2D eigenvalue weighted by Crippen LogP contribution is 2.44. The molecule has 0 saturated carbocycles. The van der Waals surface area contributed by atoms with Gasteiger partial charge in [-0.3, -0.25) is 9.36 Å². The molecule has 0 fully saturated rings. The quantitative estimate of drug-likeness (QED) is 0.209. The molecule has 0 spiro atoms. The Morgan fingerprint density at radius 1 is 1.21 bits per heavy atom. The number of aliphatic hydroxyl groups excluding tert-OH is 1. The van der Waals surface area contributed by atoms with E-state index in [1.54, 1.807) is 44.2 Å². The Balaban J connectivity index is 1.70. The molecule has 1 aromatic carbocycles. The third kappa shape index (κ3) is 6.72. The molecule has 3 atom stereocenters. The van der Waals surface area contributed by atoms with E-state index in [2.05, 4.69) is 20.0 Å². The number of rotatable bonds is 11. The first-order valence-electron chi connectivity index (χ1n) is 10.2. The number of aliphatic hydroxyl groups is 1. The Morgan fingerprint density at radius 2 is 1.94 bits per heavy atom. The number of fused-ring (bicyclic) bond motifs is 1. The smallest absolute Gasteiger partial charge is 0.342 e. The van der Waals surface area contributed by atoms with Crippen molar-refractivity contribution in [3.05, 3.63) is 43.0 Å². The molecule has 3 aromatic rings. The topological polar surface area (TPSA) is 164 Å². The van der Waals surface area contributed by atoms with Crippen molar-refractivity contribution >= 4 is 30.5 Å². The number of aromatic nitrogens is 4. The van der Waals surface area contributed by atoms with E-state index in [0.29, 0.717) is 16.9 Å². The van der Waals surface area contributed by atoms with Gasteiger partial charge in [0.25, 0.3) is 0 Å². The summed E-state index contributed by atoms with van der Waals surface area (Å²) in [5.41, 5.74) is 6.57. The standard InChI is InChI=1S/C20H27N6O6P/c1-13(2)31-20(28)14(3)25-33(29,32-15-7-5-4-6-8-15)12-30-16(27)9-26-11-24-17-18(21)22-10-23-19(17)26/h4-8,10-11,13-14,16,27H,9,12H2,1-3H3,(H,25,29)(H2,21,22,23)/t14-,16-,33-/m0/s1. The highest BCUT2D eigenvalue weighted by molar-refractivity contribution is 7.57. The van der Waals surface area contributed by atoms with Gasteiger partial charge in [-0.1, -0.05) is 18.2 Å². The molecule has 0 amide bonds. The summed E-state index contributed by atoms with van der Waals surface area (Å²) in [7, 11) is -3.80. The molecule has 0 saturated heterocycles. The number of para-hydroxylation sites is 1. The number of imidazole rings is 1. The van der Waals surface area contributed by atoms with Crippen molar-refractivity contribution < 1.29 is 28.5 Å². The molecule has 0 aliphatic carbocycles. The van der Waals surface area contributed by atoms with Crippen LogP contribution in [0.3, 0.4) is 0 Å². The van der Waals surface area contributed by atoms with E-state index in [1.807, 2.05) is 0 Å². The second-order valence-electron chi connectivity index (χ2n) is 7.49. The van der Waals surface area contributed by atoms with Crippen LogP contribution in [0.15, 0.2) is 43.0 Å². The van der Waals surface area contributed by atoms with Gasteiger partial charge >= 0.3 is 13.5 Å². The number of nitrogen functional groups attached to an aromatic ring is 1. The van der Waals surface area contributed by atoms with Crippen molar-refractivity contribution in [1.29, 1.82) is 0 Å². The Kier molecular flexibility index (Phi) is 7.98. The van der Waals surface area contributed by atoms with Crippen molar-refractivity contribution in [1.82, 2.24) is 24.6 Å². The highest BCUT2D eigenvalue weighted by Gasteiger charge is 2.32. The maximum atomic E-state index is 13.5. The molecule has 2 heterocycles. The third-order valence-electron chi connectivity index (χ3n) is 4.31. The first-order chi connectivity index (χ1) is 15.7. The molecular formula is C20H27N6O6P. The number of benzene rings is 1. The molecule has 0 bridgehead atoms. The summed E-state index contributed by atoms with van der Waals surface area (Å²) in [5, 5.41) is 13.1. The van der Waals surface area contributed by atoms with Crippen molar-refractivity contribution in [2.24, 2.45) is 0 Å². The van der Waals surface area contributed by atoms with Gasteiger partial charge in [0.15, 0.2) is 24.1 Å². The molecule has 2 aromatic heterocycles. The minimum atomic E-state index is -3.80. The summed E-state index contributed by atoms with van der Waals surface area (Å²) in [6.07, 6.45) is 0.478. The highest BCUT2D eigenvalue weighted by atomic mass is 31.2. The monoisotopic (exact) mass is 478 g/mol. The van der Waals surface area contributed by atoms with Gasteiger partial charge in [0.2, 0.25) is 0 Å². The minimum absolute atomic E-state index is 0.0662. The maximum absolute atomic E-state index is 13.5. The van der Waals surface area contributed by atoms with Crippen molar-refractivity contribution in [3.63, 3.8) is 0 Å². The summed E-state index contributed by atoms with van der Waals surface area (Å²) in [6.45, 7) is 4.86. The first kappa shape index (κ1) is 24.6. The fourth-order valence-electron chi connectivity index (χ4n) is 2.86. The minimum Gasteiger partial charge on any atom is -0.462 e. The molecule has 13 heteroatoms. The van der Waals surface area contributed by atoms with Crippen molar-refractivity contribution in [2.75, 3.05) is 12.1 Å². The lowest BCUT2D eigenvalue weighted by Crippen LogP contribution is -2.37. The van der Waals surface area contributed by atoms with Gasteiger partial charge in [0.05, 0.1) is 19.0 Å². The number of anilines is 1. The number of carbonyl (C=O) groups excluding carboxylic acids is 1. The molecule has 0 radical (unpaired) electrons. The fraction of sp³-hybridized carbons (Fsp3) is 0.400. The molecule has 3 rings (SSSR count). The average molecular weight is 478 g/mol. The molecular weight excluding hydrogens is 451 g/mol. The van der Waals surface area contributed by atoms with E-state index >= 15 is 0 Å². The van der Waals surface area contributed by atoms with Crippen LogP contribution in [0.2, 0.25) is 0 Å². The number of hydrogen-bond acceptors (Lipinski definition) is 10. The van der Waals surface area contributed by atoms with Gasteiger partial charge in [0.1, 0.15) is 23.6 Å². The summed E-state index contributed by atoms with van der Waals surface area (Å²) < 4.78 is 31.3.